The molecule has 4 heteroatoms. The van der Waals surface area contributed by atoms with Crippen molar-refractivity contribution in [1.82, 2.24) is 0 Å². The zero-order valence-electron chi connectivity index (χ0n) is 18.0. The van der Waals surface area contributed by atoms with Crippen LogP contribution in [0, 0.1) is 11.8 Å². The number of carbonyl (C=O) groups excluding carboxylic acids is 2. The van der Waals surface area contributed by atoms with Gasteiger partial charge in [0, 0.05) is 11.8 Å². The first-order valence-corrected chi connectivity index (χ1v) is 11.5. The average molecular weight is 415 g/mol. The number of hydrogen-bond acceptors (Lipinski definition) is 4. The van der Waals surface area contributed by atoms with Crippen molar-refractivity contribution < 1.29 is 9.59 Å². The molecule has 0 saturated heterocycles. The van der Waals surface area contributed by atoms with Crippen LogP contribution in [0.25, 0.3) is 0 Å². The van der Waals surface area contributed by atoms with Gasteiger partial charge in [0.1, 0.15) is 0 Å². The summed E-state index contributed by atoms with van der Waals surface area (Å²) in [6.07, 6.45) is 11.3. The summed E-state index contributed by atoms with van der Waals surface area (Å²) in [5.74, 6) is 1.22. The summed E-state index contributed by atoms with van der Waals surface area (Å²) in [6.45, 7) is 0. The lowest BCUT2D eigenvalue weighted by molar-refractivity contribution is 0.105. The summed E-state index contributed by atoms with van der Waals surface area (Å²) in [6, 6.07) is 21.2. The Morgan fingerprint density at radius 3 is 1.26 bits per heavy atom. The van der Waals surface area contributed by atoms with E-state index >= 15 is 0 Å². The van der Waals surface area contributed by atoms with Crippen LogP contribution in [-0.2, 0) is 9.59 Å². The van der Waals surface area contributed by atoms with Crippen molar-refractivity contribution in [2.75, 3.05) is 0 Å². The Kier molecular flexibility index (Phi) is 6.92. The highest BCUT2D eigenvalue weighted by Crippen LogP contribution is 2.50. The first-order valence-electron chi connectivity index (χ1n) is 11.5. The van der Waals surface area contributed by atoms with Gasteiger partial charge >= 0.3 is 0 Å². The topological polar surface area (TPSA) is 58.9 Å². The molecule has 0 aromatic heterocycles. The minimum atomic E-state index is -0.993. The lowest BCUT2D eigenvalue weighted by Gasteiger charge is -2.44. The minimum Gasteiger partial charge on any atom is -0.211 e. The van der Waals surface area contributed by atoms with E-state index in [1.807, 2.05) is 12.1 Å². The van der Waals surface area contributed by atoms with Gasteiger partial charge in [-0.2, -0.15) is 9.98 Å². The molecule has 0 radical (unpaired) electrons. The summed E-state index contributed by atoms with van der Waals surface area (Å²) < 4.78 is 0. The maximum atomic E-state index is 11.5. The van der Waals surface area contributed by atoms with Crippen molar-refractivity contribution in [1.29, 1.82) is 0 Å². The van der Waals surface area contributed by atoms with E-state index in [1.54, 1.807) is 12.2 Å². The van der Waals surface area contributed by atoms with E-state index in [2.05, 4.69) is 58.5 Å². The van der Waals surface area contributed by atoms with Crippen LogP contribution in [0.5, 0.6) is 0 Å². The molecule has 2 aliphatic carbocycles. The van der Waals surface area contributed by atoms with E-state index < -0.39 is 5.66 Å². The summed E-state index contributed by atoms with van der Waals surface area (Å²) in [7, 11) is 0. The fourth-order valence-electron chi connectivity index (χ4n) is 6.02. The molecule has 0 spiro atoms. The van der Waals surface area contributed by atoms with Crippen molar-refractivity contribution in [3.63, 3.8) is 0 Å². The molecule has 2 aromatic carbocycles. The van der Waals surface area contributed by atoms with Gasteiger partial charge in [0.15, 0.2) is 5.66 Å². The Morgan fingerprint density at radius 1 is 0.581 bits per heavy atom. The third-order valence-corrected chi connectivity index (χ3v) is 7.65. The van der Waals surface area contributed by atoms with Crippen LogP contribution in [0.4, 0.5) is 0 Å². The highest BCUT2D eigenvalue weighted by molar-refractivity contribution is 5.40. The molecule has 2 aliphatic rings. The Bertz CT molecular complexity index is 850. The standard InChI is InChI=1S/C27H30N2O2/c30-19-28-27(29-20-31,25-15-11-23(12-16-25)21-7-3-1-4-8-21)26-17-13-24(14-18-26)22-9-5-2-6-10-22/h1-10,23-26H,11-18H2. The number of benzene rings is 2. The molecule has 0 amide bonds. The van der Waals surface area contributed by atoms with E-state index in [0.29, 0.717) is 11.8 Å². The van der Waals surface area contributed by atoms with Gasteiger partial charge in [0.2, 0.25) is 12.2 Å². The molecule has 0 heterocycles. The molecule has 2 fully saturated rings. The number of rotatable bonds is 6. The van der Waals surface area contributed by atoms with Crippen LogP contribution in [0.15, 0.2) is 70.6 Å². The van der Waals surface area contributed by atoms with Crippen LogP contribution in [-0.4, -0.2) is 17.8 Å². The second-order valence-electron chi connectivity index (χ2n) is 9.11. The lowest BCUT2D eigenvalue weighted by Crippen LogP contribution is -2.44. The predicted molar refractivity (Wildman–Crippen MR) is 121 cm³/mol. The van der Waals surface area contributed by atoms with E-state index in [-0.39, 0.29) is 11.8 Å². The Labute approximate surface area is 184 Å². The van der Waals surface area contributed by atoms with Crippen molar-refractivity contribution in [2.45, 2.75) is 68.9 Å². The number of isocyanates is 2. The molecular weight excluding hydrogens is 384 g/mol. The molecule has 0 atom stereocenters. The van der Waals surface area contributed by atoms with Gasteiger partial charge in [-0.25, -0.2) is 9.59 Å². The summed E-state index contributed by atoms with van der Waals surface area (Å²) >= 11 is 0. The van der Waals surface area contributed by atoms with Crippen molar-refractivity contribution in [3.8, 4) is 0 Å². The molecule has 2 aromatic rings. The molecule has 0 N–H and O–H groups in total. The van der Waals surface area contributed by atoms with Crippen molar-refractivity contribution in [3.05, 3.63) is 71.8 Å². The summed E-state index contributed by atoms with van der Waals surface area (Å²) in [5.41, 5.74) is 1.74. The number of hydrogen-bond donors (Lipinski definition) is 0. The Balaban J connectivity index is 1.50. The predicted octanol–water partition coefficient (Wildman–Crippen LogP) is 6.30. The first kappa shape index (κ1) is 21.4. The summed E-state index contributed by atoms with van der Waals surface area (Å²) in [5, 5.41) is 0. The van der Waals surface area contributed by atoms with Gasteiger partial charge in [-0.3, -0.25) is 0 Å². The molecule has 2 saturated carbocycles. The van der Waals surface area contributed by atoms with Gasteiger partial charge in [-0.15, -0.1) is 0 Å². The zero-order chi connectivity index (χ0) is 21.5. The van der Waals surface area contributed by atoms with Gasteiger partial charge in [0.05, 0.1) is 0 Å². The molecule has 0 unspecified atom stereocenters. The van der Waals surface area contributed by atoms with E-state index in [1.165, 1.54) is 11.1 Å². The van der Waals surface area contributed by atoms with Crippen LogP contribution in [0.2, 0.25) is 0 Å². The van der Waals surface area contributed by atoms with E-state index in [0.717, 1.165) is 51.4 Å². The quantitative estimate of drug-likeness (QED) is 0.411. The van der Waals surface area contributed by atoms with Crippen LogP contribution >= 0.6 is 0 Å². The molecular formula is C27H30N2O2. The Morgan fingerprint density at radius 2 is 0.935 bits per heavy atom. The third kappa shape index (κ3) is 4.61. The van der Waals surface area contributed by atoms with Crippen molar-refractivity contribution in [2.24, 2.45) is 21.8 Å². The average Bonchev–Trinajstić information content (AvgIpc) is 2.85. The fourth-order valence-corrected chi connectivity index (χ4v) is 6.02. The van der Waals surface area contributed by atoms with Gasteiger partial charge in [-0.05, 0) is 74.3 Å². The SMILES string of the molecule is O=C=NC(N=C=O)(C1CCC(c2ccccc2)CC1)C1CCC(c2ccccc2)CC1. The molecule has 160 valence electrons. The number of aliphatic imine (C=N–C) groups is 2. The molecule has 4 rings (SSSR count). The van der Waals surface area contributed by atoms with Gasteiger partial charge in [0.25, 0.3) is 0 Å². The third-order valence-electron chi connectivity index (χ3n) is 7.65. The molecule has 31 heavy (non-hydrogen) atoms. The van der Waals surface area contributed by atoms with E-state index in [9.17, 15) is 9.59 Å². The maximum absolute atomic E-state index is 11.5. The second kappa shape index (κ2) is 10.0. The lowest BCUT2D eigenvalue weighted by atomic mass is 9.65. The minimum absolute atomic E-state index is 0.0913. The normalized spacial score (nSPS) is 27.9. The van der Waals surface area contributed by atoms with E-state index in [4.69, 9.17) is 0 Å². The van der Waals surface area contributed by atoms with Crippen LogP contribution in [0.1, 0.15) is 74.3 Å². The molecule has 0 aliphatic heterocycles. The second-order valence-corrected chi connectivity index (χ2v) is 9.11. The van der Waals surface area contributed by atoms with Gasteiger partial charge < -0.3 is 0 Å². The smallest absolute Gasteiger partial charge is 0.211 e. The largest absolute Gasteiger partial charge is 0.237 e. The van der Waals surface area contributed by atoms with Crippen LogP contribution in [0.3, 0.4) is 0 Å². The molecule has 4 nitrogen and oxygen atoms in total. The van der Waals surface area contributed by atoms with Crippen molar-refractivity contribution >= 4 is 12.2 Å². The Hall–Kier alpha value is -2.80. The first-order chi connectivity index (χ1) is 15.3. The number of nitrogens with zero attached hydrogens (tertiary/aromatic N) is 2. The molecule has 0 bridgehead atoms. The fraction of sp³-hybridized carbons (Fsp3) is 0.481. The highest BCUT2D eigenvalue weighted by atomic mass is 16.1. The maximum Gasteiger partial charge on any atom is 0.237 e. The van der Waals surface area contributed by atoms with Gasteiger partial charge in [-0.1, -0.05) is 60.7 Å². The summed E-state index contributed by atoms with van der Waals surface area (Å²) in [4.78, 5) is 31.4. The zero-order valence-corrected chi connectivity index (χ0v) is 18.0. The highest BCUT2D eigenvalue weighted by Gasteiger charge is 2.48. The monoisotopic (exact) mass is 414 g/mol. The van der Waals surface area contributed by atoms with Crippen LogP contribution < -0.4 is 0 Å².